The maximum absolute atomic E-state index is 6.14. The first kappa shape index (κ1) is 13.9. The van der Waals surface area contributed by atoms with Crippen LogP contribution in [0.3, 0.4) is 0 Å². The Hall–Kier alpha value is -2.07. The molecule has 0 atom stereocenters. The molecular weight excluding hydrogens is 280 g/mol. The van der Waals surface area contributed by atoms with Crippen LogP contribution in [0.2, 0.25) is 0 Å². The zero-order valence-corrected chi connectivity index (χ0v) is 13.5. The number of nitrogens with zero attached hydrogens (tertiary/aromatic N) is 1. The van der Waals surface area contributed by atoms with Gasteiger partial charge in [0, 0.05) is 6.07 Å². The van der Waals surface area contributed by atoms with E-state index in [9.17, 15) is 0 Å². The summed E-state index contributed by atoms with van der Waals surface area (Å²) in [5, 5.41) is 1.03. The van der Waals surface area contributed by atoms with Crippen molar-refractivity contribution in [2.45, 2.75) is 27.7 Å². The maximum Gasteiger partial charge on any atom is 0.152 e. The number of thiazole rings is 1. The quantitative estimate of drug-likeness (QED) is 0.684. The molecule has 21 heavy (non-hydrogen) atoms. The van der Waals surface area contributed by atoms with Crippen molar-refractivity contribution in [2.24, 2.45) is 0 Å². The summed E-state index contributed by atoms with van der Waals surface area (Å²) in [5.41, 5.74) is 11.2. The number of nitrogens with two attached hydrogens (primary N) is 1. The first-order valence-electron chi connectivity index (χ1n) is 6.87. The second-order valence-electron chi connectivity index (χ2n) is 5.35. The molecule has 4 heteroatoms. The minimum Gasteiger partial charge on any atom is -0.455 e. The van der Waals surface area contributed by atoms with Gasteiger partial charge in [0.15, 0.2) is 5.75 Å². The van der Waals surface area contributed by atoms with Crippen LogP contribution >= 0.6 is 11.3 Å². The third-order valence-electron chi connectivity index (χ3n) is 3.71. The Labute approximate surface area is 128 Å². The molecule has 0 amide bonds. The van der Waals surface area contributed by atoms with Gasteiger partial charge in [0.25, 0.3) is 0 Å². The molecule has 0 fully saturated rings. The number of aryl methyl sites for hydroxylation is 3. The predicted molar refractivity (Wildman–Crippen MR) is 89.5 cm³/mol. The van der Waals surface area contributed by atoms with E-state index in [1.54, 1.807) is 11.3 Å². The van der Waals surface area contributed by atoms with Crippen molar-refractivity contribution in [1.82, 2.24) is 4.98 Å². The minimum absolute atomic E-state index is 0.645. The highest BCUT2D eigenvalue weighted by atomic mass is 32.1. The molecule has 0 aliphatic rings. The highest BCUT2D eigenvalue weighted by molar-refractivity contribution is 7.18. The number of fused-ring (bicyclic) bond motifs is 1. The lowest BCUT2D eigenvalue weighted by Gasteiger charge is -2.15. The van der Waals surface area contributed by atoms with Gasteiger partial charge in [-0.05, 0) is 50.5 Å². The van der Waals surface area contributed by atoms with Crippen LogP contribution in [0.25, 0.3) is 10.2 Å². The fourth-order valence-electron chi connectivity index (χ4n) is 2.37. The molecule has 2 N–H and O–H groups in total. The van der Waals surface area contributed by atoms with Gasteiger partial charge in [-0.1, -0.05) is 12.1 Å². The number of nitrogen functional groups attached to an aromatic ring is 1. The van der Waals surface area contributed by atoms with E-state index < -0.39 is 0 Å². The Morgan fingerprint density at radius 2 is 1.76 bits per heavy atom. The fraction of sp³-hybridized carbons (Fsp3) is 0.235. The van der Waals surface area contributed by atoms with Crippen LogP contribution in [-0.2, 0) is 0 Å². The van der Waals surface area contributed by atoms with Crippen LogP contribution in [0.5, 0.6) is 11.5 Å². The Kier molecular flexibility index (Phi) is 3.33. The molecular formula is C17H18N2OS. The number of rotatable bonds is 2. The minimum atomic E-state index is 0.645. The Balaban J connectivity index is 2.09. The third kappa shape index (κ3) is 2.47. The molecule has 0 saturated carbocycles. The molecule has 0 saturated heterocycles. The van der Waals surface area contributed by atoms with Crippen molar-refractivity contribution in [3.63, 3.8) is 0 Å². The van der Waals surface area contributed by atoms with E-state index in [1.807, 2.05) is 26.0 Å². The molecule has 1 aromatic heterocycles. The van der Waals surface area contributed by atoms with Gasteiger partial charge < -0.3 is 10.5 Å². The maximum atomic E-state index is 6.14. The van der Waals surface area contributed by atoms with Crippen LogP contribution in [-0.4, -0.2) is 4.98 Å². The van der Waals surface area contributed by atoms with Crippen molar-refractivity contribution in [2.75, 3.05) is 5.73 Å². The fourth-order valence-corrected chi connectivity index (χ4v) is 3.22. The van der Waals surface area contributed by atoms with E-state index in [0.29, 0.717) is 11.4 Å². The molecule has 2 aromatic carbocycles. The van der Waals surface area contributed by atoms with E-state index in [1.165, 1.54) is 5.56 Å². The van der Waals surface area contributed by atoms with Gasteiger partial charge in [-0.15, -0.1) is 11.3 Å². The molecule has 3 nitrogen and oxygen atoms in total. The van der Waals surface area contributed by atoms with Gasteiger partial charge in [-0.2, -0.15) is 0 Å². The zero-order chi connectivity index (χ0) is 15.1. The summed E-state index contributed by atoms with van der Waals surface area (Å²) < 4.78 is 7.20. The Morgan fingerprint density at radius 1 is 1.05 bits per heavy atom. The summed E-state index contributed by atoms with van der Waals surface area (Å²) in [6.07, 6.45) is 0. The van der Waals surface area contributed by atoms with Gasteiger partial charge in [-0.25, -0.2) is 4.98 Å². The lowest BCUT2D eigenvalue weighted by molar-refractivity contribution is 0.477. The summed E-state index contributed by atoms with van der Waals surface area (Å²) in [4.78, 5) is 4.50. The molecule has 0 aliphatic carbocycles. The van der Waals surface area contributed by atoms with Crippen LogP contribution < -0.4 is 10.5 Å². The first-order chi connectivity index (χ1) is 9.95. The number of benzene rings is 2. The van der Waals surface area contributed by atoms with Gasteiger partial charge in [0.2, 0.25) is 0 Å². The molecule has 0 bridgehead atoms. The van der Waals surface area contributed by atoms with Crippen molar-refractivity contribution in [3.05, 3.63) is 46.0 Å². The van der Waals surface area contributed by atoms with Crippen LogP contribution in [0.15, 0.2) is 24.3 Å². The topological polar surface area (TPSA) is 48.1 Å². The van der Waals surface area contributed by atoms with E-state index in [2.05, 4.69) is 31.0 Å². The SMILES string of the molecule is Cc1nc2cc(Oc3c(C)ccc(C)c3C)c(N)cc2s1. The number of anilines is 1. The summed E-state index contributed by atoms with van der Waals surface area (Å²) in [6.45, 7) is 8.19. The average Bonchev–Trinajstić information content (AvgIpc) is 2.78. The second-order valence-corrected chi connectivity index (χ2v) is 6.58. The van der Waals surface area contributed by atoms with Gasteiger partial charge in [0.1, 0.15) is 5.75 Å². The normalized spacial score (nSPS) is 11.0. The molecule has 0 unspecified atom stereocenters. The van der Waals surface area contributed by atoms with Crippen LogP contribution in [0, 0.1) is 27.7 Å². The predicted octanol–water partition coefficient (Wildman–Crippen LogP) is 4.90. The monoisotopic (exact) mass is 298 g/mol. The van der Waals surface area contributed by atoms with Crippen LogP contribution in [0.1, 0.15) is 21.7 Å². The highest BCUT2D eigenvalue weighted by Gasteiger charge is 2.12. The van der Waals surface area contributed by atoms with Gasteiger partial charge in [0.05, 0.1) is 20.9 Å². The van der Waals surface area contributed by atoms with Crippen LogP contribution in [0.4, 0.5) is 5.69 Å². The van der Waals surface area contributed by atoms with Crippen molar-refractivity contribution in [1.29, 1.82) is 0 Å². The largest absolute Gasteiger partial charge is 0.455 e. The van der Waals surface area contributed by atoms with E-state index in [-0.39, 0.29) is 0 Å². The smallest absolute Gasteiger partial charge is 0.152 e. The molecule has 3 rings (SSSR count). The molecule has 0 radical (unpaired) electrons. The van der Waals surface area contributed by atoms with Crippen molar-refractivity contribution < 1.29 is 4.74 Å². The molecule has 108 valence electrons. The number of aromatic nitrogens is 1. The average molecular weight is 298 g/mol. The molecule has 0 spiro atoms. The zero-order valence-electron chi connectivity index (χ0n) is 12.7. The van der Waals surface area contributed by atoms with Gasteiger partial charge >= 0.3 is 0 Å². The Bertz CT molecular complexity index is 836. The van der Waals surface area contributed by atoms with Crippen molar-refractivity contribution in [3.8, 4) is 11.5 Å². The van der Waals surface area contributed by atoms with Crippen molar-refractivity contribution >= 4 is 27.2 Å². The highest BCUT2D eigenvalue weighted by Crippen LogP contribution is 2.37. The summed E-state index contributed by atoms with van der Waals surface area (Å²) >= 11 is 1.64. The first-order valence-corrected chi connectivity index (χ1v) is 7.68. The number of hydrogen-bond donors (Lipinski definition) is 1. The number of hydrogen-bond acceptors (Lipinski definition) is 4. The molecule has 0 aliphatic heterocycles. The lowest BCUT2D eigenvalue weighted by Crippen LogP contribution is -1.96. The molecule has 1 heterocycles. The number of ether oxygens (including phenoxy) is 1. The summed E-state index contributed by atoms with van der Waals surface area (Å²) in [6, 6.07) is 8.04. The Morgan fingerprint density at radius 3 is 2.52 bits per heavy atom. The van der Waals surface area contributed by atoms with E-state index in [0.717, 1.165) is 32.1 Å². The third-order valence-corrected chi connectivity index (χ3v) is 4.65. The molecule has 3 aromatic rings. The standard InChI is InChI=1S/C17H18N2OS/c1-9-5-6-10(2)17(11(9)3)20-15-8-14-16(7-13(15)18)21-12(4)19-14/h5-8H,18H2,1-4H3. The van der Waals surface area contributed by atoms with E-state index >= 15 is 0 Å². The van der Waals surface area contributed by atoms with Gasteiger partial charge in [-0.3, -0.25) is 0 Å². The second kappa shape index (κ2) is 5.04. The summed E-state index contributed by atoms with van der Waals surface area (Å²) in [5.74, 6) is 1.55. The van der Waals surface area contributed by atoms with E-state index in [4.69, 9.17) is 10.5 Å². The lowest BCUT2D eigenvalue weighted by atomic mass is 10.1. The summed E-state index contributed by atoms with van der Waals surface area (Å²) in [7, 11) is 0.